The largest absolute Gasteiger partial charge is 0.414 e. The smallest absolute Gasteiger partial charge is 0.341 e. The zero-order valence-electron chi connectivity index (χ0n) is 15.2. The van der Waals surface area contributed by atoms with E-state index in [0.29, 0.717) is 0 Å². The summed E-state index contributed by atoms with van der Waals surface area (Å²) < 4.78 is 25.9. The van der Waals surface area contributed by atoms with E-state index in [4.69, 9.17) is 9.47 Å². The van der Waals surface area contributed by atoms with E-state index >= 15 is 4.39 Å². The van der Waals surface area contributed by atoms with Crippen molar-refractivity contribution >= 4 is 34.1 Å². The topological polar surface area (TPSA) is 74.2 Å². The first-order chi connectivity index (χ1) is 13.4. The second-order valence-electron chi connectivity index (χ2n) is 5.69. The van der Waals surface area contributed by atoms with Crippen molar-refractivity contribution in [3.63, 3.8) is 0 Å². The van der Waals surface area contributed by atoms with Crippen LogP contribution < -0.4 is 0 Å². The fourth-order valence-corrected chi connectivity index (χ4v) is 2.73. The van der Waals surface area contributed by atoms with E-state index in [2.05, 4.69) is 25.9 Å². The van der Waals surface area contributed by atoms with Gasteiger partial charge in [0.1, 0.15) is 7.11 Å². The summed E-state index contributed by atoms with van der Waals surface area (Å²) in [7, 11) is 1.23. The van der Waals surface area contributed by atoms with Gasteiger partial charge in [-0.2, -0.15) is 0 Å². The second kappa shape index (κ2) is 9.98. The molecule has 0 heterocycles. The molecule has 2 rings (SSSR count). The van der Waals surface area contributed by atoms with Gasteiger partial charge in [-0.3, -0.25) is 0 Å². The summed E-state index contributed by atoms with van der Waals surface area (Å²) in [6.07, 6.45) is -1.35. The van der Waals surface area contributed by atoms with Crippen molar-refractivity contribution in [1.82, 2.24) is 0 Å². The molecule has 2 unspecified atom stereocenters. The van der Waals surface area contributed by atoms with Crippen LogP contribution in [-0.4, -0.2) is 42.0 Å². The third-order valence-corrected chi connectivity index (χ3v) is 4.40. The van der Waals surface area contributed by atoms with Gasteiger partial charge in [0, 0.05) is 0 Å². The van der Waals surface area contributed by atoms with Crippen LogP contribution in [0.1, 0.15) is 27.6 Å². The van der Waals surface area contributed by atoms with E-state index in [-0.39, 0.29) is 11.1 Å². The van der Waals surface area contributed by atoms with Crippen LogP contribution in [0.3, 0.4) is 0 Å². The number of carbonyl (C=O) groups excluding carboxylic acids is 2. The summed E-state index contributed by atoms with van der Waals surface area (Å²) >= 11 is 3.20. The van der Waals surface area contributed by atoms with E-state index in [1.165, 1.54) is 38.3 Å². The Balaban J connectivity index is 2.41. The van der Waals surface area contributed by atoms with E-state index in [0.717, 1.165) is 6.21 Å². The molecule has 0 saturated heterocycles. The molecular formula is C20H19BrFNO5. The van der Waals surface area contributed by atoms with Crippen molar-refractivity contribution in [2.24, 2.45) is 5.16 Å². The molecule has 0 radical (unpaired) electrons. The summed E-state index contributed by atoms with van der Waals surface area (Å²) in [4.78, 5) is 28.8. The van der Waals surface area contributed by atoms with Crippen LogP contribution in [-0.2, 0) is 14.3 Å². The maximum Gasteiger partial charge on any atom is 0.341 e. The van der Waals surface area contributed by atoms with Crippen molar-refractivity contribution in [3.05, 3.63) is 71.8 Å². The summed E-state index contributed by atoms with van der Waals surface area (Å²) in [6, 6.07) is 16.0. The normalized spacial score (nSPS) is 13.6. The molecular weight excluding hydrogens is 433 g/mol. The Labute approximate surface area is 170 Å². The van der Waals surface area contributed by atoms with Gasteiger partial charge in [-0.05, 0) is 31.2 Å². The van der Waals surface area contributed by atoms with Crippen LogP contribution >= 0.6 is 15.9 Å². The highest BCUT2D eigenvalue weighted by molar-refractivity contribution is 9.09. The Morgan fingerprint density at radius 1 is 1.00 bits per heavy atom. The van der Waals surface area contributed by atoms with Crippen LogP contribution in [0.15, 0.2) is 65.8 Å². The van der Waals surface area contributed by atoms with Gasteiger partial charge >= 0.3 is 17.7 Å². The van der Waals surface area contributed by atoms with Gasteiger partial charge in [-0.1, -0.05) is 57.5 Å². The molecule has 2 atom stereocenters. The molecule has 0 aliphatic heterocycles. The first kappa shape index (κ1) is 21.6. The van der Waals surface area contributed by atoms with Crippen molar-refractivity contribution in [1.29, 1.82) is 0 Å². The molecule has 148 valence electrons. The van der Waals surface area contributed by atoms with Gasteiger partial charge < -0.3 is 14.3 Å². The van der Waals surface area contributed by atoms with E-state index < -0.39 is 28.7 Å². The molecule has 0 spiro atoms. The Bertz CT molecular complexity index is 760. The van der Waals surface area contributed by atoms with E-state index in [1.54, 1.807) is 36.4 Å². The standard InChI is InChI=1S/C20H19BrFNO5/c1-14(21)20(17(22)13-23-26-2,27-18(24)15-9-5-3-6-10-15)28-19(25)16-11-7-4-8-12-16/h3-14,17H,1-2H3/b23-13+. The predicted octanol–water partition coefficient (Wildman–Crippen LogP) is 4.15. The number of carbonyl (C=O) groups is 2. The zero-order valence-corrected chi connectivity index (χ0v) is 16.8. The third-order valence-electron chi connectivity index (χ3n) is 3.76. The number of esters is 2. The molecule has 6 nitrogen and oxygen atoms in total. The maximum atomic E-state index is 15.1. The number of ether oxygens (including phenoxy) is 2. The molecule has 0 saturated carbocycles. The molecule has 0 N–H and O–H groups in total. The lowest BCUT2D eigenvalue weighted by Gasteiger charge is -2.36. The average Bonchev–Trinajstić information content (AvgIpc) is 2.72. The van der Waals surface area contributed by atoms with Crippen LogP contribution in [0.25, 0.3) is 0 Å². The number of benzene rings is 2. The summed E-state index contributed by atoms with van der Waals surface area (Å²) in [5, 5.41) is 3.38. The van der Waals surface area contributed by atoms with E-state index in [9.17, 15) is 9.59 Å². The predicted molar refractivity (Wildman–Crippen MR) is 105 cm³/mol. The molecule has 8 heteroatoms. The highest BCUT2D eigenvalue weighted by Gasteiger charge is 2.51. The second-order valence-corrected chi connectivity index (χ2v) is 7.06. The van der Waals surface area contributed by atoms with Crippen molar-refractivity contribution in [2.45, 2.75) is 23.7 Å². The Morgan fingerprint density at radius 2 is 1.43 bits per heavy atom. The Kier molecular flexibility index (Phi) is 7.69. The molecule has 0 fully saturated rings. The van der Waals surface area contributed by atoms with Gasteiger partial charge in [0.15, 0.2) is 0 Å². The Morgan fingerprint density at radius 3 is 1.79 bits per heavy atom. The minimum atomic E-state index is -2.32. The van der Waals surface area contributed by atoms with Crippen LogP contribution in [0.2, 0.25) is 0 Å². The van der Waals surface area contributed by atoms with Crippen molar-refractivity contribution in [2.75, 3.05) is 7.11 Å². The number of rotatable bonds is 8. The van der Waals surface area contributed by atoms with Crippen molar-refractivity contribution < 1.29 is 28.3 Å². The summed E-state index contributed by atoms with van der Waals surface area (Å²) in [5.74, 6) is -4.04. The van der Waals surface area contributed by atoms with Crippen molar-refractivity contribution in [3.8, 4) is 0 Å². The SMILES string of the molecule is CO/N=C/C(F)C(OC(=O)c1ccccc1)(OC(=O)c1ccccc1)C(C)Br. The first-order valence-corrected chi connectivity index (χ1v) is 9.24. The molecule has 0 aliphatic carbocycles. The number of halogens is 2. The maximum absolute atomic E-state index is 15.1. The minimum absolute atomic E-state index is 0.173. The molecule has 0 aromatic heterocycles. The van der Waals surface area contributed by atoms with Crippen LogP contribution in [0.5, 0.6) is 0 Å². The van der Waals surface area contributed by atoms with Crippen LogP contribution in [0.4, 0.5) is 4.39 Å². The molecule has 2 aromatic rings. The molecule has 2 aromatic carbocycles. The van der Waals surface area contributed by atoms with Gasteiger partial charge in [0.05, 0.1) is 22.2 Å². The highest BCUT2D eigenvalue weighted by atomic mass is 79.9. The number of hydrogen-bond donors (Lipinski definition) is 0. The van der Waals surface area contributed by atoms with Crippen LogP contribution in [0, 0.1) is 0 Å². The number of oxime groups is 1. The third kappa shape index (κ3) is 5.16. The number of hydrogen-bond acceptors (Lipinski definition) is 6. The average molecular weight is 452 g/mol. The fraction of sp³-hybridized carbons (Fsp3) is 0.250. The lowest BCUT2D eigenvalue weighted by Crippen LogP contribution is -2.54. The fourth-order valence-electron chi connectivity index (χ4n) is 2.29. The van der Waals surface area contributed by atoms with Gasteiger partial charge in [0.2, 0.25) is 6.17 Å². The monoisotopic (exact) mass is 451 g/mol. The first-order valence-electron chi connectivity index (χ1n) is 8.32. The number of alkyl halides is 2. The highest BCUT2D eigenvalue weighted by Crippen LogP contribution is 2.32. The zero-order chi connectivity index (χ0) is 20.6. The summed E-state index contributed by atoms with van der Waals surface area (Å²) in [6.45, 7) is 1.49. The Hall–Kier alpha value is -2.74. The molecule has 28 heavy (non-hydrogen) atoms. The quantitative estimate of drug-likeness (QED) is 0.198. The lowest BCUT2D eigenvalue weighted by molar-refractivity contribution is -0.188. The number of nitrogens with zero attached hydrogens (tertiary/aromatic N) is 1. The minimum Gasteiger partial charge on any atom is -0.414 e. The molecule has 0 bridgehead atoms. The van der Waals surface area contributed by atoms with Gasteiger partial charge in [-0.25, -0.2) is 14.0 Å². The lowest BCUT2D eigenvalue weighted by atomic mass is 10.1. The summed E-state index contributed by atoms with van der Waals surface area (Å²) in [5.41, 5.74) is 0.346. The van der Waals surface area contributed by atoms with Gasteiger partial charge in [0.25, 0.3) is 0 Å². The van der Waals surface area contributed by atoms with Gasteiger partial charge in [-0.15, -0.1) is 0 Å². The van der Waals surface area contributed by atoms with E-state index in [1.807, 2.05) is 0 Å². The molecule has 0 aliphatic rings. The molecule has 0 amide bonds.